The van der Waals surface area contributed by atoms with Crippen LogP contribution in [0.1, 0.15) is 44.6 Å². The van der Waals surface area contributed by atoms with E-state index in [4.69, 9.17) is 0 Å². The summed E-state index contributed by atoms with van der Waals surface area (Å²) in [7, 11) is 0. The largest absolute Gasteiger partial charge is 0.389 e. The molecule has 1 atom stereocenters. The summed E-state index contributed by atoms with van der Waals surface area (Å²) in [6.07, 6.45) is 4.33. The lowest BCUT2D eigenvalue weighted by atomic mass is 10.0. The van der Waals surface area contributed by atoms with Crippen molar-refractivity contribution in [1.82, 2.24) is 5.32 Å². The first-order valence-electron chi connectivity index (χ1n) is 7.80. The number of rotatable bonds is 6. The van der Waals surface area contributed by atoms with Crippen LogP contribution in [0.3, 0.4) is 0 Å². The Labute approximate surface area is 126 Å². The fourth-order valence-corrected chi connectivity index (χ4v) is 2.84. The lowest BCUT2D eigenvalue weighted by molar-refractivity contribution is -0.116. The molecule has 3 N–H and O–H groups in total. The van der Waals surface area contributed by atoms with Crippen molar-refractivity contribution in [3.63, 3.8) is 0 Å². The third-order valence-corrected chi connectivity index (χ3v) is 4.22. The Morgan fingerprint density at radius 2 is 2.00 bits per heavy atom. The molecule has 2 rings (SSSR count). The van der Waals surface area contributed by atoms with Gasteiger partial charge in [-0.25, -0.2) is 0 Å². The van der Waals surface area contributed by atoms with Crippen molar-refractivity contribution in [3.8, 4) is 0 Å². The molecular formula is C17H26N2O2. The Balaban J connectivity index is 1.76. The minimum atomic E-state index is -0.569. The molecule has 0 aromatic heterocycles. The van der Waals surface area contributed by atoms with E-state index in [0.29, 0.717) is 13.0 Å². The van der Waals surface area contributed by atoms with Gasteiger partial charge in [-0.05, 0) is 38.3 Å². The number of amides is 1. The molecule has 1 fully saturated rings. The molecule has 4 nitrogen and oxygen atoms in total. The second-order valence-corrected chi connectivity index (χ2v) is 6.28. The summed E-state index contributed by atoms with van der Waals surface area (Å²) < 4.78 is 0. The van der Waals surface area contributed by atoms with Gasteiger partial charge in [0.15, 0.2) is 0 Å². The second kappa shape index (κ2) is 7.05. The number of hydrogen-bond acceptors (Lipinski definition) is 3. The van der Waals surface area contributed by atoms with Crippen LogP contribution in [0.25, 0.3) is 0 Å². The van der Waals surface area contributed by atoms with Crippen LogP contribution in [0.4, 0.5) is 5.69 Å². The normalized spacial score (nSPS) is 18.4. The van der Waals surface area contributed by atoms with Gasteiger partial charge >= 0.3 is 0 Å². The molecule has 0 heterocycles. The fourth-order valence-electron chi connectivity index (χ4n) is 2.84. The van der Waals surface area contributed by atoms with Gasteiger partial charge in [0.05, 0.1) is 5.60 Å². The highest BCUT2D eigenvalue weighted by Crippen LogP contribution is 2.28. The molecule has 1 unspecified atom stereocenters. The molecule has 4 heteroatoms. The first kappa shape index (κ1) is 16.0. The van der Waals surface area contributed by atoms with E-state index >= 15 is 0 Å². The average molecular weight is 290 g/mol. The molecule has 1 amide bonds. The molecule has 1 saturated carbocycles. The highest BCUT2D eigenvalue weighted by molar-refractivity contribution is 5.91. The number of anilines is 1. The van der Waals surface area contributed by atoms with E-state index in [1.807, 2.05) is 38.1 Å². The van der Waals surface area contributed by atoms with Gasteiger partial charge in [0.2, 0.25) is 5.91 Å². The van der Waals surface area contributed by atoms with Crippen molar-refractivity contribution < 1.29 is 9.90 Å². The minimum Gasteiger partial charge on any atom is -0.389 e. The number of para-hydroxylation sites is 1. The van der Waals surface area contributed by atoms with Crippen LogP contribution in [0.15, 0.2) is 24.3 Å². The number of nitrogens with one attached hydrogen (secondary N) is 2. The molecule has 1 aromatic rings. The number of aliphatic hydroxyl groups is 1. The van der Waals surface area contributed by atoms with Gasteiger partial charge in [0.25, 0.3) is 0 Å². The zero-order valence-electron chi connectivity index (χ0n) is 13.0. The van der Waals surface area contributed by atoms with Gasteiger partial charge in [-0.15, -0.1) is 0 Å². The molecule has 1 aliphatic rings. The third kappa shape index (κ3) is 4.83. The minimum absolute atomic E-state index is 0.00251. The molecule has 0 aliphatic heterocycles. The van der Waals surface area contributed by atoms with Crippen LogP contribution < -0.4 is 10.6 Å². The zero-order chi connectivity index (χ0) is 15.3. The summed E-state index contributed by atoms with van der Waals surface area (Å²) in [6, 6.07) is 7.82. The van der Waals surface area contributed by atoms with Crippen LogP contribution in [0.5, 0.6) is 0 Å². The molecule has 0 spiro atoms. The van der Waals surface area contributed by atoms with Gasteiger partial charge in [-0.1, -0.05) is 31.0 Å². The number of carbonyl (C=O) groups is 1. The standard InChI is InChI=1S/C17H26N2O2/c1-13-7-3-4-8-15(13)19-16(20)11-14(2)18-12-17(21)9-5-6-10-17/h3-4,7-8,14,18,21H,5-6,9-12H2,1-2H3,(H,19,20). The number of aryl methyl sites for hydroxylation is 1. The summed E-state index contributed by atoms with van der Waals surface area (Å²) >= 11 is 0. The predicted molar refractivity (Wildman–Crippen MR) is 85.3 cm³/mol. The third-order valence-electron chi connectivity index (χ3n) is 4.22. The van der Waals surface area contributed by atoms with Gasteiger partial charge < -0.3 is 15.7 Å². The lowest BCUT2D eigenvalue weighted by Gasteiger charge is -2.25. The van der Waals surface area contributed by atoms with Gasteiger partial charge in [0, 0.05) is 24.7 Å². The Hall–Kier alpha value is -1.39. The van der Waals surface area contributed by atoms with Crippen molar-refractivity contribution in [2.24, 2.45) is 0 Å². The first-order valence-corrected chi connectivity index (χ1v) is 7.80. The summed E-state index contributed by atoms with van der Waals surface area (Å²) in [5.41, 5.74) is 1.36. The topological polar surface area (TPSA) is 61.4 Å². The van der Waals surface area contributed by atoms with Gasteiger partial charge in [0.1, 0.15) is 0 Å². The van der Waals surface area contributed by atoms with E-state index in [2.05, 4.69) is 10.6 Å². The van der Waals surface area contributed by atoms with E-state index < -0.39 is 5.60 Å². The predicted octanol–water partition coefficient (Wildman–Crippen LogP) is 2.61. The van der Waals surface area contributed by atoms with Gasteiger partial charge in [-0.2, -0.15) is 0 Å². The molecule has 0 radical (unpaired) electrons. The molecule has 116 valence electrons. The number of carbonyl (C=O) groups excluding carboxylic acids is 1. The van der Waals surface area contributed by atoms with Crippen LogP contribution in [0, 0.1) is 6.92 Å². The smallest absolute Gasteiger partial charge is 0.225 e. The van der Waals surface area contributed by atoms with Crippen molar-refractivity contribution >= 4 is 11.6 Å². The quantitative estimate of drug-likeness (QED) is 0.754. The summed E-state index contributed by atoms with van der Waals surface area (Å²) in [5, 5.41) is 16.5. The Kier molecular flexibility index (Phi) is 5.37. The monoisotopic (exact) mass is 290 g/mol. The summed E-state index contributed by atoms with van der Waals surface area (Å²) in [6.45, 7) is 4.54. The van der Waals surface area contributed by atoms with Crippen molar-refractivity contribution in [2.75, 3.05) is 11.9 Å². The maximum absolute atomic E-state index is 12.0. The van der Waals surface area contributed by atoms with Crippen molar-refractivity contribution in [3.05, 3.63) is 29.8 Å². The van der Waals surface area contributed by atoms with E-state index in [1.165, 1.54) is 0 Å². The molecule has 0 bridgehead atoms. The Morgan fingerprint density at radius 1 is 1.33 bits per heavy atom. The molecular weight excluding hydrogens is 264 g/mol. The average Bonchev–Trinajstić information content (AvgIpc) is 2.87. The van der Waals surface area contributed by atoms with Crippen molar-refractivity contribution in [1.29, 1.82) is 0 Å². The summed E-state index contributed by atoms with van der Waals surface area (Å²) in [5.74, 6) is 0.00251. The molecule has 1 aliphatic carbocycles. The highest BCUT2D eigenvalue weighted by atomic mass is 16.3. The Bertz CT molecular complexity index is 481. The lowest BCUT2D eigenvalue weighted by Crippen LogP contribution is -2.42. The van der Waals surface area contributed by atoms with Crippen LogP contribution >= 0.6 is 0 Å². The van der Waals surface area contributed by atoms with Gasteiger partial charge in [-0.3, -0.25) is 4.79 Å². The number of hydrogen-bond donors (Lipinski definition) is 3. The zero-order valence-corrected chi connectivity index (χ0v) is 13.0. The molecule has 0 saturated heterocycles. The van der Waals surface area contributed by atoms with E-state index in [-0.39, 0.29) is 11.9 Å². The van der Waals surface area contributed by atoms with Crippen molar-refractivity contribution in [2.45, 2.75) is 57.6 Å². The SMILES string of the molecule is Cc1ccccc1NC(=O)CC(C)NCC1(O)CCCC1. The highest BCUT2D eigenvalue weighted by Gasteiger charge is 2.31. The van der Waals surface area contributed by atoms with Crippen LogP contribution in [-0.2, 0) is 4.79 Å². The van der Waals surface area contributed by atoms with E-state index in [1.54, 1.807) is 0 Å². The Morgan fingerprint density at radius 3 is 2.67 bits per heavy atom. The van der Waals surface area contributed by atoms with E-state index in [9.17, 15) is 9.90 Å². The maximum Gasteiger partial charge on any atom is 0.225 e. The van der Waals surface area contributed by atoms with Crippen LogP contribution in [0.2, 0.25) is 0 Å². The van der Waals surface area contributed by atoms with E-state index in [0.717, 1.165) is 36.9 Å². The summed E-state index contributed by atoms with van der Waals surface area (Å²) in [4.78, 5) is 12.0. The molecule has 21 heavy (non-hydrogen) atoms. The maximum atomic E-state index is 12.0. The van der Waals surface area contributed by atoms with Crippen LogP contribution in [-0.4, -0.2) is 29.2 Å². The second-order valence-electron chi connectivity index (χ2n) is 6.28. The number of benzene rings is 1. The fraction of sp³-hybridized carbons (Fsp3) is 0.588. The first-order chi connectivity index (χ1) is 9.98. The molecule has 1 aromatic carbocycles.